The van der Waals surface area contributed by atoms with E-state index in [4.69, 9.17) is 5.73 Å². The van der Waals surface area contributed by atoms with E-state index in [9.17, 15) is 0 Å². The monoisotopic (exact) mass is 230 g/mol. The van der Waals surface area contributed by atoms with E-state index in [0.29, 0.717) is 5.41 Å². The Bertz CT molecular complexity index is 407. The van der Waals surface area contributed by atoms with Gasteiger partial charge < -0.3 is 11.1 Å². The van der Waals surface area contributed by atoms with Crippen molar-refractivity contribution in [2.45, 2.75) is 38.5 Å². The van der Waals surface area contributed by atoms with Crippen LogP contribution in [0.5, 0.6) is 0 Å². The maximum Gasteiger partial charge on any atom is 0.0343 e. The Kier molecular flexibility index (Phi) is 2.83. The van der Waals surface area contributed by atoms with Gasteiger partial charge in [-0.05, 0) is 73.7 Å². The van der Waals surface area contributed by atoms with Crippen LogP contribution in [0.15, 0.2) is 18.2 Å². The molecule has 0 saturated heterocycles. The van der Waals surface area contributed by atoms with Gasteiger partial charge in [-0.3, -0.25) is 0 Å². The fraction of sp³-hybridized carbons (Fsp3) is 0.600. The van der Waals surface area contributed by atoms with Crippen LogP contribution in [0, 0.1) is 5.41 Å². The van der Waals surface area contributed by atoms with Gasteiger partial charge in [0.2, 0.25) is 0 Å². The molecular formula is C15H22N2. The van der Waals surface area contributed by atoms with Crippen LogP contribution in [-0.2, 0) is 12.8 Å². The molecule has 0 heterocycles. The van der Waals surface area contributed by atoms with Crippen molar-refractivity contribution in [2.75, 3.05) is 18.4 Å². The van der Waals surface area contributed by atoms with Crippen LogP contribution in [0.4, 0.5) is 5.69 Å². The van der Waals surface area contributed by atoms with Gasteiger partial charge in [0.25, 0.3) is 0 Å². The van der Waals surface area contributed by atoms with E-state index in [0.717, 1.165) is 13.1 Å². The number of hydrogen-bond acceptors (Lipinski definition) is 2. The van der Waals surface area contributed by atoms with Gasteiger partial charge in [-0.25, -0.2) is 0 Å². The lowest BCUT2D eigenvalue weighted by molar-refractivity contribution is 0.556. The molecule has 3 rings (SSSR count). The average molecular weight is 230 g/mol. The summed E-state index contributed by atoms with van der Waals surface area (Å²) >= 11 is 0. The molecule has 0 aromatic heterocycles. The molecule has 2 heteroatoms. The molecule has 0 amide bonds. The second kappa shape index (κ2) is 4.34. The standard InChI is InChI=1S/C15H22N2/c16-10-15(7-8-15)11-17-14-6-5-12-3-1-2-4-13(12)9-14/h5-6,9,17H,1-4,7-8,10-11,16H2. The Balaban J connectivity index is 1.67. The van der Waals surface area contributed by atoms with Crippen LogP contribution in [0.2, 0.25) is 0 Å². The summed E-state index contributed by atoms with van der Waals surface area (Å²) in [4.78, 5) is 0. The molecule has 1 saturated carbocycles. The second-order valence-corrected chi connectivity index (χ2v) is 5.75. The van der Waals surface area contributed by atoms with Crippen molar-refractivity contribution in [2.24, 2.45) is 11.1 Å². The molecule has 0 aliphatic heterocycles. The summed E-state index contributed by atoms with van der Waals surface area (Å²) in [6, 6.07) is 6.89. The second-order valence-electron chi connectivity index (χ2n) is 5.75. The van der Waals surface area contributed by atoms with Gasteiger partial charge in [-0.15, -0.1) is 0 Å². The molecular weight excluding hydrogens is 208 g/mol. The van der Waals surface area contributed by atoms with Crippen LogP contribution < -0.4 is 11.1 Å². The Morgan fingerprint density at radius 3 is 2.59 bits per heavy atom. The molecule has 3 N–H and O–H groups in total. The first-order valence-electron chi connectivity index (χ1n) is 6.87. The van der Waals surface area contributed by atoms with E-state index in [-0.39, 0.29) is 0 Å². The zero-order valence-electron chi connectivity index (χ0n) is 10.5. The molecule has 0 bridgehead atoms. The van der Waals surface area contributed by atoms with E-state index in [2.05, 4.69) is 23.5 Å². The number of hydrogen-bond donors (Lipinski definition) is 2. The van der Waals surface area contributed by atoms with Crippen LogP contribution in [-0.4, -0.2) is 13.1 Å². The lowest BCUT2D eigenvalue weighted by Crippen LogP contribution is -2.24. The number of anilines is 1. The summed E-state index contributed by atoms with van der Waals surface area (Å²) in [6.07, 6.45) is 7.82. The Labute approximate surface area is 104 Å². The predicted octanol–water partition coefficient (Wildman–Crippen LogP) is 2.72. The maximum atomic E-state index is 5.80. The molecule has 0 radical (unpaired) electrons. The van der Waals surface area contributed by atoms with Crippen LogP contribution in [0.25, 0.3) is 0 Å². The van der Waals surface area contributed by atoms with E-state index in [1.54, 1.807) is 11.1 Å². The molecule has 1 fully saturated rings. The third-order valence-electron chi connectivity index (χ3n) is 4.41. The van der Waals surface area contributed by atoms with Gasteiger partial charge in [-0.1, -0.05) is 6.07 Å². The van der Waals surface area contributed by atoms with Crippen LogP contribution in [0.1, 0.15) is 36.8 Å². The SMILES string of the molecule is NCC1(CNc2ccc3c(c2)CCCC3)CC1. The largest absolute Gasteiger partial charge is 0.384 e. The lowest BCUT2D eigenvalue weighted by Gasteiger charge is -2.19. The molecule has 2 nitrogen and oxygen atoms in total. The van der Waals surface area contributed by atoms with Crippen molar-refractivity contribution in [3.63, 3.8) is 0 Å². The van der Waals surface area contributed by atoms with Crippen molar-refractivity contribution >= 4 is 5.69 Å². The number of benzene rings is 1. The van der Waals surface area contributed by atoms with E-state index < -0.39 is 0 Å². The van der Waals surface area contributed by atoms with Crippen molar-refractivity contribution < 1.29 is 0 Å². The highest BCUT2D eigenvalue weighted by Gasteiger charge is 2.40. The predicted molar refractivity (Wildman–Crippen MR) is 72.3 cm³/mol. The number of nitrogens with two attached hydrogens (primary N) is 1. The van der Waals surface area contributed by atoms with Crippen molar-refractivity contribution in [3.05, 3.63) is 29.3 Å². The minimum atomic E-state index is 0.413. The fourth-order valence-corrected chi connectivity index (χ4v) is 2.76. The lowest BCUT2D eigenvalue weighted by atomic mass is 9.91. The highest BCUT2D eigenvalue weighted by Crippen LogP contribution is 2.44. The summed E-state index contributed by atoms with van der Waals surface area (Å²) in [5.41, 5.74) is 10.6. The van der Waals surface area contributed by atoms with Gasteiger partial charge in [0.05, 0.1) is 0 Å². The van der Waals surface area contributed by atoms with Gasteiger partial charge in [0.1, 0.15) is 0 Å². The number of rotatable bonds is 4. The normalized spacial score (nSPS) is 20.8. The molecule has 92 valence electrons. The molecule has 0 spiro atoms. The molecule has 1 aromatic rings. The summed E-state index contributed by atoms with van der Waals surface area (Å²) in [7, 11) is 0. The van der Waals surface area contributed by atoms with Crippen LogP contribution in [0.3, 0.4) is 0 Å². The maximum absolute atomic E-state index is 5.80. The minimum Gasteiger partial charge on any atom is -0.384 e. The molecule has 2 aliphatic rings. The third kappa shape index (κ3) is 2.32. The quantitative estimate of drug-likeness (QED) is 0.834. The zero-order valence-corrected chi connectivity index (χ0v) is 10.5. The van der Waals surface area contributed by atoms with Gasteiger partial charge in [0.15, 0.2) is 0 Å². The van der Waals surface area contributed by atoms with E-state index >= 15 is 0 Å². The Morgan fingerprint density at radius 2 is 1.88 bits per heavy atom. The fourth-order valence-electron chi connectivity index (χ4n) is 2.76. The summed E-state index contributed by atoms with van der Waals surface area (Å²) in [5, 5.41) is 3.57. The number of aryl methyl sites for hydroxylation is 2. The highest BCUT2D eigenvalue weighted by molar-refractivity contribution is 5.49. The molecule has 0 unspecified atom stereocenters. The third-order valence-corrected chi connectivity index (χ3v) is 4.41. The molecule has 1 aromatic carbocycles. The topological polar surface area (TPSA) is 38.0 Å². The summed E-state index contributed by atoms with van der Waals surface area (Å²) in [5.74, 6) is 0. The average Bonchev–Trinajstić information content (AvgIpc) is 3.17. The zero-order chi connectivity index (χ0) is 11.7. The smallest absolute Gasteiger partial charge is 0.0343 e. The van der Waals surface area contributed by atoms with Gasteiger partial charge in [0, 0.05) is 12.2 Å². The highest BCUT2D eigenvalue weighted by atomic mass is 14.9. The Morgan fingerprint density at radius 1 is 1.12 bits per heavy atom. The van der Waals surface area contributed by atoms with Crippen LogP contribution >= 0.6 is 0 Å². The first-order valence-corrected chi connectivity index (χ1v) is 6.87. The molecule has 0 atom stereocenters. The molecule has 2 aliphatic carbocycles. The van der Waals surface area contributed by atoms with E-state index in [1.807, 2.05) is 0 Å². The van der Waals surface area contributed by atoms with Gasteiger partial charge in [-0.2, -0.15) is 0 Å². The summed E-state index contributed by atoms with van der Waals surface area (Å²) < 4.78 is 0. The van der Waals surface area contributed by atoms with Crippen molar-refractivity contribution in [1.82, 2.24) is 0 Å². The molecule has 17 heavy (non-hydrogen) atoms. The first-order chi connectivity index (χ1) is 8.31. The van der Waals surface area contributed by atoms with E-state index in [1.165, 1.54) is 44.2 Å². The Hall–Kier alpha value is -1.02. The number of fused-ring (bicyclic) bond motifs is 1. The number of nitrogens with one attached hydrogen (secondary N) is 1. The summed E-state index contributed by atoms with van der Waals surface area (Å²) in [6.45, 7) is 1.87. The van der Waals surface area contributed by atoms with Crippen molar-refractivity contribution in [1.29, 1.82) is 0 Å². The van der Waals surface area contributed by atoms with Gasteiger partial charge >= 0.3 is 0 Å². The minimum absolute atomic E-state index is 0.413. The first kappa shape index (κ1) is 11.1. The van der Waals surface area contributed by atoms with Crippen molar-refractivity contribution in [3.8, 4) is 0 Å².